The third kappa shape index (κ3) is 50.1. The summed E-state index contributed by atoms with van der Waals surface area (Å²) >= 11 is 0. The Bertz CT molecular complexity index is 462. The average molecular weight is 613 g/mol. The monoisotopic (exact) mass is 614 g/mol. The average Bonchev–Trinajstić information content (AvgIpc) is 2.48. The Morgan fingerprint density at radius 2 is 0.967 bits per heavy atom. The molecule has 0 aliphatic rings. The second-order valence-corrected chi connectivity index (χ2v) is 3.33. The van der Waals surface area contributed by atoms with Gasteiger partial charge in [0.2, 0.25) is 0 Å². The molecule has 0 bridgehead atoms. The van der Waals surface area contributed by atoms with Gasteiger partial charge >= 0.3 is 39.0 Å². The van der Waals surface area contributed by atoms with Crippen LogP contribution >= 0.6 is 0 Å². The van der Waals surface area contributed by atoms with E-state index in [2.05, 4.69) is 15.3 Å². The van der Waals surface area contributed by atoms with E-state index >= 15 is 0 Å². The number of hydrogen-bond donors (Lipinski definition) is 4. The molecule has 0 aromatic carbocycles. The zero-order valence-electron chi connectivity index (χ0n) is 15.2. The molecule has 0 saturated carbocycles. The van der Waals surface area contributed by atoms with Crippen LogP contribution in [-0.2, 0) is 58.1 Å². The van der Waals surface area contributed by atoms with Crippen molar-refractivity contribution in [1.82, 2.24) is 9.97 Å². The summed E-state index contributed by atoms with van der Waals surface area (Å²) in [5, 5.41) is 34.6. The van der Waals surface area contributed by atoms with E-state index in [1.807, 2.05) is 0 Å². The fraction of sp³-hybridized carbons (Fsp3) is 0.273. The fourth-order valence-corrected chi connectivity index (χ4v) is 0.606. The van der Waals surface area contributed by atoms with E-state index in [1.165, 1.54) is 0 Å². The zero-order valence-corrected chi connectivity index (χ0v) is 18.6. The second-order valence-electron chi connectivity index (χ2n) is 3.33. The number of nitrogens with two attached hydrogens (primary N) is 5. The Hall–Kier alpha value is -2.07. The number of rotatable bonds is 6. The third-order valence-electron chi connectivity index (χ3n) is 1.47. The molecule has 0 unspecified atom stereocenters. The number of nitrogens with one attached hydrogen (secondary N) is 1. The van der Waals surface area contributed by atoms with E-state index in [1.54, 1.807) is 24.8 Å². The van der Waals surface area contributed by atoms with Gasteiger partial charge in [0.1, 0.15) is 0 Å². The van der Waals surface area contributed by atoms with Crippen molar-refractivity contribution in [3.05, 3.63) is 66.6 Å². The van der Waals surface area contributed by atoms with Crippen molar-refractivity contribution in [2.75, 3.05) is 13.1 Å². The van der Waals surface area contributed by atoms with Crippen molar-refractivity contribution in [3.8, 4) is 0 Å². The van der Waals surface area contributed by atoms with Gasteiger partial charge in [-0.3, -0.25) is 29.1 Å². The number of aliphatic carboxylic acids is 4. The molecule has 0 amide bonds. The van der Waals surface area contributed by atoms with Gasteiger partial charge in [-0.15, -0.1) is 0 Å². The summed E-state index contributed by atoms with van der Waals surface area (Å²) < 4.78 is 0. The van der Waals surface area contributed by atoms with Gasteiger partial charge in [-0.25, -0.2) is 0 Å². The first-order valence-electron chi connectivity index (χ1n) is 5.62. The van der Waals surface area contributed by atoms with Crippen LogP contribution in [0.15, 0.2) is 24.8 Å². The molecule has 19 heteroatoms. The largest absolute Gasteiger partial charge is 5.00 e. The molecule has 0 aliphatic carbocycles. The first kappa shape index (κ1) is 56.5. The van der Waals surface area contributed by atoms with Crippen molar-refractivity contribution in [2.45, 2.75) is 6.04 Å². The summed E-state index contributed by atoms with van der Waals surface area (Å²) in [4.78, 5) is 46.0. The van der Waals surface area contributed by atoms with Gasteiger partial charge in [0.15, 0.2) is 0 Å². The van der Waals surface area contributed by atoms with E-state index in [9.17, 15) is 19.2 Å². The number of carboxylic acid groups (broad SMARTS) is 4. The first-order chi connectivity index (χ1) is 10.7. The molecule has 1 aromatic rings. The number of hydrogen-bond acceptors (Lipinski definition) is 6. The van der Waals surface area contributed by atoms with Crippen LogP contribution in [0.25, 0.3) is 41.8 Å². The van der Waals surface area contributed by atoms with Crippen molar-refractivity contribution in [2.24, 2.45) is 0 Å². The topological polar surface area (TPSA) is 380 Å². The minimum Gasteiger partial charge on any atom is -0.693 e. The van der Waals surface area contributed by atoms with Crippen LogP contribution in [0, 0.1) is 0 Å². The Morgan fingerprint density at radius 1 is 0.733 bits per heavy atom. The minimum absolute atomic E-state index is 0. The Balaban J connectivity index is -0.0000000285. The van der Waals surface area contributed by atoms with Gasteiger partial charge in [-0.2, -0.15) is 0 Å². The molecule has 1 heterocycles. The standard InChI is InChI=1S/C4H4N2.C4H6NO4.C3H4NO4.5H2N.2Ru/c1-2-6-4-3-5-1;6-3(7)1-5-2-4(8)9;4-1(2(5)6)3(7)8;;;;;;;/h1-4H;1-2H2,(H,6,7)(H,8,9);1,4H,(H,5,6)(H,7,8);5*1H2;;/q;7*-1;+2;+5. The van der Waals surface area contributed by atoms with Crippen molar-refractivity contribution < 1.29 is 78.6 Å². The molecule has 17 nitrogen and oxygen atoms in total. The fourth-order valence-electron chi connectivity index (χ4n) is 0.606. The van der Waals surface area contributed by atoms with Crippen LogP contribution in [0.5, 0.6) is 0 Å². The van der Waals surface area contributed by atoms with Crippen molar-refractivity contribution in [3.63, 3.8) is 0 Å². The maximum absolute atomic E-state index is 9.69. The van der Waals surface area contributed by atoms with Crippen LogP contribution in [-0.4, -0.2) is 73.4 Å². The zero-order chi connectivity index (χ0) is 18.3. The number of aromatic nitrogens is 2. The predicted molar refractivity (Wildman–Crippen MR) is 100 cm³/mol. The second kappa shape index (κ2) is 37.6. The molecular formula is C11H24N9O8Ru2. The van der Waals surface area contributed by atoms with Crippen molar-refractivity contribution in [1.29, 1.82) is 0 Å². The molecule has 15 N–H and O–H groups in total. The number of carboxylic acids is 4. The maximum Gasteiger partial charge on any atom is 5.00 e. The van der Waals surface area contributed by atoms with E-state index in [0.717, 1.165) is 0 Å². The van der Waals surface area contributed by atoms with E-state index in [-0.39, 0.29) is 69.7 Å². The number of nitrogens with zero attached hydrogens (tertiary/aromatic N) is 3. The summed E-state index contributed by atoms with van der Waals surface area (Å²) in [6, 6.07) is -2.05. The predicted octanol–water partition coefficient (Wildman–Crippen LogP) is 3.16. The van der Waals surface area contributed by atoms with E-state index in [4.69, 9.17) is 26.2 Å². The van der Waals surface area contributed by atoms with Gasteiger partial charge in [0.25, 0.3) is 23.9 Å². The minimum atomic E-state index is -2.05. The SMILES string of the molecule is O=C(O)C[N-]CC(=O)O.[NH-]C(C(=O)O)C(=O)O.[NH2-].[NH2-].[NH2-].[NH2-].[NH2-].[Ru+2].[Ru+5].c1cnccn1. The van der Waals surface area contributed by atoms with Crippen LogP contribution in [0.1, 0.15) is 0 Å². The van der Waals surface area contributed by atoms with Gasteiger partial charge in [0, 0.05) is 24.8 Å². The molecule has 0 atom stereocenters. The summed E-state index contributed by atoms with van der Waals surface area (Å²) in [6.45, 7) is -0.876. The van der Waals surface area contributed by atoms with Gasteiger partial charge in [0.05, 0.1) is 6.04 Å². The third-order valence-corrected chi connectivity index (χ3v) is 1.47. The molecule has 30 heavy (non-hydrogen) atoms. The molecule has 1 radical (unpaired) electrons. The Morgan fingerprint density at radius 3 is 1.07 bits per heavy atom. The van der Waals surface area contributed by atoms with E-state index in [0.29, 0.717) is 0 Å². The van der Waals surface area contributed by atoms with Crippen LogP contribution in [0.4, 0.5) is 0 Å². The quantitative estimate of drug-likeness (QED) is 0.268. The first-order valence-corrected chi connectivity index (χ1v) is 5.62. The molecule has 1 rings (SSSR count). The molecule has 0 saturated heterocycles. The Kier molecular flexibility index (Phi) is 70.9. The van der Waals surface area contributed by atoms with Gasteiger partial charge < -0.3 is 62.2 Å². The van der Waals surface area contributed by atoms with Crippen LogP contribution < -0.4 is 0 Å². The maximum atomic E-state index is 9.69. The number of carbonyl (C=O) groups is 4. The summed E-state index contributed by atoms with van der Waals surface area (Å²) in [6.07, 6.45) is 6.56. The Labute approximate surface area is 198 Å². The summed E-state index contributed by atoms with van der Waals surface area (Å²) in [5.74, 6) is -5.51. The van der Waals surface area contributed by atoms with Gasteiger partial charge in [-0.05, 0) is 13.1 Å². The van der Waals surface area contributed by atoms with Crippen LogP contribution in [0.2, 0.25) is 0 Å². The summed E-state index contributed by atoms with van der Waals surface area (Å²) in [7, 11) is 0. The summed E-state index contributed by atoms with van der Waals surface area (Å²) in [5.41, 5.74) is 6.28. The molecule has 1 aromatic heterocycles. The molecular weight excluding hydrogens is 588 g/mol. The molecule has 0 fully saturated rings. The normalized spacial score (nSPS) is 6.73. The van der Waals surface area contributed by atoms with E-state index < -0.39 is 43.0 Å². The van der Waals surface area contributed by atoms with Crippen LogP contribution in [0.3, 0.4) is 0 Å². The molecule has 0 spiro atoms. The van der Waals surface area contributed by atoms with Gasteiger partial charge in [-0.1, -0.05) is 0 Å². The smallest absolute Gasteiger partial charge is 0.693 e. The van der Waals surface area contributed by atoms with Crippen molar-refractivity contribution >= 4 is 23.9 Å². The molecule has 0 aliphatic heterocycles. The molecule has 177 valence electrons.